The van der Waals surface area contributed by atoms with E-state index in [4.69, 9.17) is 14.2 Å². The third-order valence-corrected chi connectivity index (χ3v) is 5.99. The minimum absolute atomic E-state index is 0.131. The van der Waals surface area contributed by atoms with E-state index in [0.717, 1.165) is 49.4 Å². The maximum atomic E-state index is 13.2. The van der Waals surface area contributed by atoms with Crippen LogP contribution in [0.15, 0.2) is 36.4 Å². The van der Waals surface area contributed by atoms with Crippen molar-refractivity contribution in [2.45, 2.75) is 39.0 Å². The quantitative estimate of drug-likeness (QED) is 0.417. The third kappa shape index (κ3) is 7.30. The molecule has 0 aliphatic carbocycles. The van der Waals surface area contributed by atoms with Crippen molar-refractivity contribution in [1.29, 1.82) is 0 Å². The summed E-state index contributed by atoms with van der Waals surface area (Å²) in [7, 11) is 4.84. The van der Waals surface area contributed by atoms with Gasteiger partial charge in [0.25, 0.3) is 0 Å². The van der Waals surface area contributed by atoms with Crippen LogP contribution in [0.3, 0.4) is 0 Å². The highest BCUT2D eigenvalue weighted by atomic mass is 19.1. The number of benzene rings is 2. The van der Waals surface area contributed by atoms with Gasteiger partial charge in [-0.3, -0.25) is 0 Å². The molecule has 0 radical (unpaired) electrons. The average Bonchev–Trinajstić information content (AvgIpc) is 2.80. The SMILES string of the molecule is COc1cc(CCN(CCF)CCCC(c2ccc(OC)c(OC)c2)C(C)C)ccc1O. The largest absolute Gasteiger partial charge is 0.504 e. The molecule has 0 spiro atoms. The summed E-state index contributed by atoms with van der Waals surface area (Å²) < 4.78 is 29.2. The first kappa shape index (κ1) is 25.8. The van der Waals surface area contributed by atoms with Gasteiger partial charge in [0.15, 0.2) is 23.0 Å². The van der Waals surface area contributed by atoms with Crippen LogP contribution in [0.4, 0.5) is 4.39 Å². The van der Waals surface area contributed by atoms with Crippen LogP contribution in [0.2, 0.25) is 0 Å². The number of ether oxygens (including phenoxy) is 3. The highest BCUT2D eigenvalue weighted by Crippen LogP contribution is 2.35. The van der Waals surface area contributed by atoms with Crippen molar-refractivity contribution >= 4 is 0 Å². The van der Waals surface area contributed by atoms with Crippen molar-refractivity contribution in [2.24, 2.45) is 5.92 Å². The first-order chi connectivity index (χ1) is 15.4. The Hall–Kier alpha value is -2.47. The Labute approximate surface area is 192 Å². The average molecular weight is 448 g/mol. The number of phenols is 1. The van der Waals surface area contributed by atoms with Gasteiger partial charge in [0.1, 0.15) is 6.67 Å². The van der Waals surface area contributed by atoms with Crippen LogP contribution in [-0.2, 0) is 6.42 Å². The summed E-state index contributed by atoms with van der Waals surface area (Å²) in [5, 5.41) is 9.77. The molecule has 2 rings (SSSR count). The summed E-state index contributed by atoms with van der Waals surface area (Å²) in [5.74, 6) is 2.95. The lowest BCUT2D eigenvalue weighted by molar-refractivity contribution is 0.241. The molecule has 0 saturated heterocycles. The van der Waals surface area contributed by atoms with E-state index in [9.17, 15) is 9.50 Å². The molecule has 0 heterocycles. The molecule has 2 aromatic carbocycles. The lowest BCUT2D eigenvalue weighted by Crippen LogP contribution is -2.29. The van der Waals surface area contributed by atoms with Crippen LogP contribution in [0.1, 0.15) is 43.7 Å². The molecule has 0 amide bonds. The van der Waals surface area contributed by atoms with Crippen LogP contribution >= 0.6 is 0 Å². The molecule has 1 N–H and O–H groups in total. The second-order valence-electron chi connectivity index (χ2n) is 8.39. The van der Waals surface area contributed by atoms with Gasteiger partial charge in [-0.15, -0.1) is 0 Å². The predicted molar refractivity (Wildman–Crippen MR) is 127 cm³/mol. The predicted octanol–water partition coefficient (Wildman–Crippen LogP) is 5.45. The van der Waals surface area contributed by atoms with Crippen molar-refractivity contribution in [3.8, 4) is 23.0 Å². The van der Waals surface area contributed by atoms with Gasteiger partial charge in [-0.05, 0) is 73.0 Å². The normalized spacial score (nSPS) is 12.2. The van der Waals surface area contributed by atoms with Crippen LogP contribution in [0.5, 0.6) is 23.0 Å². The van der Waals surface area contributed by atoms with Gasteiger partial charge in [0, 0.05) is 13.1 Å². The minimum Gasteiger partial charge on any atom is -0.504 e. The molecule has 5 nitrogen and oxygen atoms in total. The molecule has 0 bridgehead atoms. The van der Waals surface area contributed by atoms with Gasteiger partial charge in [-0.2, -0.15) is 0 Å². The van der Waals surface area contributed by atoms with Crippen LogP contribution < -0.4 is 14.2 Å². The summed E-state index contributed by atoms with van der Waals surface area (Å²) in [5.41, 5.74) is 2.31. The molecular formula is C26H38FNO4. The molecule has 0 aromatic heterocycles. The summed E-state index contributed by atoms with van der Waals surface area (Å²) >= 11 is 0. The molecule has 1 atom stereocenters. The van der Waals surface area contributed by atoms with Gasteiger partial charge in [-0.1, -0.05) is 26.0 Å². The minimum atomic E-state index is -0.359. The topological polar surface area (TPSA) is 51.2 Å². The van der Waals surface area contributed by atoms with Crippen molar-refractivity contribution in [1.82, 2.24) is 4.90 Å². The van der Waals surface area contributed by atoms with E-state index in [1.165, 1.54) is 12.7 Å². The Kier molecular flexibility index (Phi) is 10.6. The Morgan fingerprint density at radius 3 is 2.22 bits per heavy atom. The van der Waals surface area contributed by atoms with Gasteiger partial charge < -0.3 is 24.2 Å². The Balaban J connectivity index is 1.97. The van der Waals surface area contributed by atoms with Gasteiger partial charge in [-0.25, -0.2) is 4.39 Å². The maximum absolute atomic E-state index is 13.2. The van der Waals surface area contributed by atoms with Crippen LogP contribution in [0.25, 0.3) is 0 Å². The molecule has 0 aliphatic rings. The number of rotatable bonds is 14. The van der Waals surface area contributed by atoms with Crippen molar-refractivity contribution in [3.63, 3.8) is 0 Å². The standard InChI is InChI=1S/C26H38FNO4/c1-19(2)22(21-9-11-24(30-3)26(18-21)32-5)7-6-14-28(16-13-27)15-12-20-8-10-23(29)25(17-20)31-4/h8-11,17-19,22,29H,6-7,12-16H2,1-5H3. The summed E-state index contributed by atoms with van der Waals surface area (Å²) in [6.45, 7) is 6.15. The van der Waals surface area contributed by atoms with Crippen molar-refractivity contribution in [3.05, 3.63) is 47.5 Å². The van der Waals surface area contributed by atoms with Gasteiger partial charge in [0.05, 0.1) is 21.3 Å². The highest BCUT2D eigenvalue weighted by Gasteiger charge is 2.18. The van der Waals surface area contributed by atoms with E-state index in [0.29, 0.717) is 24.1 Å². The fourth-order valence-electron chi connectivity index (χ4n) is 4.12. The monoisotopic (exact) mass is 447 g/mol. The Morgan fingerprint density at radius 2 is 1.59 bits per heavy atom. The fraction of sp³-hybridized carbons (Fsp3) is 0.538. The van der Waals surface area contributed by atoms with E-state index in [1.807, 2.05) is 18.2 Å². The third-order valence-electron chi connectivity index (χ3n) is 5.99. The molecule has 178 valence electrons. The van der Waals surface area contributed by atoms with Crippen LogP contribution in [0, 0.1) is 5.92 Å². The number of halogens is 1. The molecular weight excluding hydrogens is 409 g/mol. The van der Waals surface area contributed by atoms with Crippen molar-refractivity contribution in [2.75, 3.05) is 47.6 Å². The second-order valence-corrected chi connectivity index (χ2v) is 8.39. The van der Waals surface area contributed by atoms with Gasteiger partial charge in [0.2, 0.25) is 0 Å². The van der Waals surface area contributed by atoms with E-state index in [2.05, 4.69) is 30.9 Å². The first-order valence-corrected chi connectivity index (χ1v) is 11.3. The zero-order chi connectivity index (χ0) is 23.5. The second kappa shape index (κ2) is 13.2. The molecule has 0 saturated carbocycles. The number of hydrogen-bond donors (Lipinski definition) is 1. The lowest BCUT2D eigenvalue weighted by atomic mass is 9.84. The summed E-state index contributed by atoms with van der Waals surface area (Å²) in [6.07, 6.45) is 2.78. The molecule has 0 fully saturated rings. The number of hydrogen-bond acceptors (Lipinski definition) is 5. The summed E-state index contributed by atoms with van der Waals surface area (Å²) in [4.78, 5) is 2.17. The Morgan fingerprint density at radius 1 is 0.875 bits per heavy atom. The molecule has 2 aromatic rings. The van der Waals surface area contributed by atoms with E-state index in [-0.39, 0.29) is 12.4 Å². The summed E-state index contributed by atoms with van der Waals surface area (Å²) in [6, 6.07) is 11.5. The molecule has 6 heteroatoms. The highest BCUT2D eigenvalue weighted by molar-refractivity contribution is 5.44. The number of alkyl halides is 1. The number of aromatic hydroxyl groups is 1. The van der Waals surface area contributed by atoms with E-state index < -0.39 is 0 Å². The molecule has 32 heavy (non-hydrogen) atoms. The zero-order valence-electron chi connectivity index (χ0n) is 20.1. The van der Waals surface area contributed by atoms with E-state index in [1.54, 1.807) is 20.3 Å². The number of phenolic OH excluding ortho intramolecular Hbond substituents is 1. The zero-order valence-corrected chi connectivity index (χ0v) is 20.1. The number of methoxy groups -OCH3 is 3. The molecule has 1 unspecified atom stereocenters. The maximum Gasteiger partial charge on any atom is 0.160 e. The number of nitrogens with zero attached hydrogens (tertiary/aromatic N) is 1. The molecule has 0 aliphatic heterocycles. The smallest absolute Gasteiger partial charge is 0.160 e. The lowest BCUT2D eigenvalue weighted by Gasteiger charge is -2.25. The first-order valence-electron chi connectivity index (χ1n) is 11.3. The van der Waals surface area contributed by atoms with Gasteiger partial charge >= 0.3 is 0 Å². The Bertz CT molecular complexity index is 827. The van der Waals surface area contributed by atoms with E-state index >= 15 is 0 Å². The fourth-order valence-corrected chi connectivity index (χ4v) is 4.12. The van der Waals surface area contributed by atoms with Crippen molar-refractivity contribution < 1.29 is 23.7 Å². The van der Waals surface area contributed by atoms with Crippen LogP contribution in [-0.4, -0.2) is 57.6 Å².